The topological polar surface area (TPSA) is 50.1 Å². The summed E-state index contributed by atoms with van der Waals surface area (Å²) in [7, 11) is 0. The van der Waals surface area contributed by atoms with Gasteiger partial charge in [0.2, 0.25) is 0 Å². The summed E-state index contributed by atoms with van der Waals surface area (Å²) >= 11 is 0. The molecule has 1 heterocycles. The van der Waals surface area contributed by atoms with Gasteiger partial charge in [0.15, 0.2) is 0 Å². The van der Waals surface area contributed by atoms with Gasteiger partial charge in [-0.1, -0.05) is 31.0 Å². The van der Waals surface area contributed by atoms with Crippen LogP contribution < -0.4 is 5.32 Å². The molecule has 0 aliphatic heterocycles. The van der Waals surface area contributed by atoms with Gasteiger partial charge in [-0.25, -0.2) is 0 Å². The van der Waals surface area contributed by atoms with Crippen LogP contribution in [0, 0.1) is 5.92 Å². The summed E-state index contributed by atoms with van der Waals surface area (Å²) < 4.78 is 2.07. The second kappa shape index (κ2) is 6.58. The lowest BCUT2D eigenvalue weighted by Crippen LogP contribution is -2.39. The summed E-state index contributed by atoms with van der Waals surface area (Å²) in [6.07, 6.45) is 4.81. The number of aryl methyl sites for hydroxylation is 1. The van der Waals surface area contributed by atoms with Gasteiger partial charge in [-0.05, 0) is 31.7 Å². The summed E-state index contributed by atoms with van der Waals surface area (Å²) in [5.74, 6) is 0.401. The number of para-hydroxylation sites is 1. The molecule has 2 atom stereocenters. The number of aliphatic hydroxyl groups is 1. The van der Waals surface area contributed by atoms with Crippen LogP contribution in [0.2, 0.25) is 0 Å². The number of aliphatic hydroxyl groups excluding tert-OH is 1. The monoisotopic (exact) mass is 287 g/mol. The maximum absolute atomic E-state index is 9.51. The zero-order valence-corrected chi connectivity index (χ0v) is 12.8. The lowest BCUT2D eigenvalue weighted by molar-refractivity contribution is 0.152. The first-order chi connectivity index (χ1) is 10.3. The molecule has 2 N–H and O–H groups in total. The van der Waals surface area contributed by atoms with E-state index in [4.69, 9.17) is 5.10 Å². The number of nitrogens with zero attached hydrogens (tertiary/aromatic N) is 2. The van der Waals surface area contributed by atoms with Crippen molar-refractivity contribution in [3.63, 3.8) is 0 Å². The molecule has 114 valence electrons. The predicted octanol–water partition coefficient (Wildman–Crippen LogP) is 2.70. The van der Waals surface area contributed by atoms with Crippen molar-refractivity contribution >= 4 is 10.9 Å². The molecule has 1 aromatic carbocycles. The predicted molar refractivity (Wildman–Crippen MR) is 85.1 cm³/mol. The lowest BCUT2D eigenvalue weighted by atomic mass is 9.85. The highest BCUT2D eigenvalue weighted by atomic mass is 16.3. The summed E-state index contributed by atoms with van der Waals surface area (Å²) in [6, 6.07) is 8.85. The zero-order chi connectivity index (χ0) is 14.7. The number of fused-ring (bicyclic) bond motifs is 1. The molecule has 3 rings (SSSR count). The van der Waals surface area contributed by atoms with E-state index in [1.165, 1.54) is 23.7 Å². The molecule has 4 nitrogen and oxygen atoms in total. The summed E-state index contributed by atoms with van der Waals surface area (Å²) in [4.78, 5) is 0. The lowest BCUT2D eigenvalue weighted by Gasteiger charge is -2.30. The fraction of sp³-hybridized carbons (Fsp3) is 0.588. The van der Waals surface area contributed by atoms with Crippen LogP contribution in [0.4, 0.5) is 0 Å². The first-order valence-electron chi connectivity index (χ1n) is 8.12. The molecule has 2 unspecified atom stereocenters. The quantitative estimate of drug-likeness (QED) is 0.889. The molecule has 1 aliphatic rings. The first kappa shape index (κ1) is 14.5. The smallest absolute Gasteiger partial charge is 0.0841 e. The van der Waals surface area contributed by atoms with Crippen LogP contribution in [0.3, 0.4) is 0 Å². The van der Waals surface area contributed by atoms with E-state index in [9.17, 15) is 5.11 Å². The van der Waals surface area contributed by atoms with Crippen molar-refractivity contribution in [3.05, 3.63) is 30.0 Å². The van der Waals surface area contributed by atoms with E-state index < -0.39 is 0 Å². The Bertz CT molecular complexity index is 593. The van der Waals surface area contributed by atoms with Gasteiger partial charge in [-0.2, -0.15) is 5.10 Å². The van der Waals surface area contributed by atoms with Crippen molar-refractivity contribution < 1.29 is 5.11 Å². The third-order valence-corrected chi connectivity index (χ3v) is 4.71. The highest BCUT2D eigenvalue weighted by Crippen LogP contribution is 2.25. The second-order valence-electron chi connectivity index (χ2n) is 5.99. The van der Waals surface area contributed by atoms with Gasteiger partial charge >= 0.3 is 0 Å². The van der Waals surface area contributed by atoms with E-state index in [1.807, 2.05) is 0 Å². The van der Waals surface area contributed by atoms with Gasteiger partial charge in [-0.3, -0.25) is 4.68 Å². The van der Waals surface area contributed by atoms with Gasteiger partial charge < -0.3 is 10.4 Å². The van der Waals surface area contributed by atoms with Crippen LogP contribution in [0.5, 0.6) is 0 Å². The average molecular weight is 287 g/mol. The normalized spacial score (nSPS) is 22.8. The minimum absolute atomic E-state index is 0.293. The number of hydrogen-bond donors (Lipinski definition) is 2. The Morgan fingerprint density at radius 3 is 2.90 bits per heavy atom. The van der Waals surface area contributed by atoms with E-state index in [1.54, 1.807) is 0 Å². The fourth-order valence-corrected chi connectivity index (χ4v) is 3.49. The highest BCUT2D eigenvalue weighted by molar-refractivity contribution is 5.81. The second-order valence-corrected chi connectivity index (χ2v) is 5.99. The average Bonchev–Trinajstić information content (AvgIpc) is 2.91. The molecule has 0 saturated heterocycles. The molecule has 2 aromatic rings. The van der Waals surface area contributed by atoms with Crippen LogP contribution in [-0.4, -0.2) is 27.5 Å². The molecule has 0 spiro atoms. The minimum Gasteiger partial charge on any atom is -0.396 e. The summed E-state index contributed by atoms with van der Waals surface area (Å²) in [5, 5.41) is 19.1. The van der Waals surface area contributed by atoms with Gasteiger partial charge in [-0.15, -0.1) is 0 Å². The first-order valence-corrected chi connectivity index (χ1v) is 8.12. The van der Waals surface area contributed by atoms with Crippen LogP contribution >= 0.6 is 0 Å². The molecule has 21 heavy (non-hydrogen) atoms. The molecular formula is C17H25N3O. The van der Waals surface area contributed by atoms with E-state index >= 15 is 0 Å². The molecule has 0 bridgehead atoms. The van der Waals surface area contributed by atoms with E-state index in [-0.39, 0.29) is 0 Å². The number of rotatable bonds is 5. The molecular weight excluding hydrogens is 262 g/mol. The van der Waals surface area contributed by atoms with Gasteiger partial charge in [0.25, 0.3) is 0 Å². The largest absolute Gasteiger partial charge is 0.396 e. The van der Waals surface area contributed by atoms with Crippen LogP contribution in [0.25, 0.3) is 10.9 Å². The third-order valence-electron chi connectivity index (χ3n) is 4.71. The van der Waals surface area contributed by atoms with E-state index in [2.05, 4.69) is 41.2 Å². The molecule has 0 radical (unpaired) electrons. The Morgan fingerprint density at radius 1 is 1.29 bits per heavy atom. The number of benzene rings is 1. The van der Waals surface area contributed by atoms with Gasteiger partial charge in [0, 0.05) is 31.1 Å². The molecule has 0 amide bonds. The maximum Gasteiger partial charge on any atom is 0.0841 e. The van der Waals surface area contributed by atoms with Gasteiger partial charge in [0.05, 0.1) is 11.2 Å². The Labute approximate surface area is 126 Å². The van der Waals surface area contributed by atoms with Crippen molar-refractivity contribution in [2.75, 3.05) is 6.61 Å². The Hall–Kier alpha value is -1.39. The van der Waals surface area contributed by atoms with Crippen molar-refractivity contribution in [2.45, 2.75) is 51.7 Å². The number of hydrogen-bond acceptors (Lipinski definition) is 3. The molecule has 1 saturated carbocycles. The van der Waals surface area contributed by atoms with Crippen LogP contribution in [0.15, 0.2) is 24.3 Å². The van der Waals surface area contributed by atoms with E-state index in [0.717, 1.165) is 31.6 Å². The zero-order valence-electron chi connectivity index (χ0n) is 12.8. The van der Waals surface area contributed by atoms with Crippen LogP contribution in [0.1, 0.15) is 38.3 Å². The molecule has 1 fully saturated rings. The van der Waals surface area contributed by atoms with E-state index in [0.29, 0.717) is 18.6 Å². The van der Waals surface area contributed by atoms with Gasteiger partial charge in [0.1, 0.15) is 0 Å². The Balaban J connectivity index is 1.75. The third kappa shape index (κ3) is 2.97. The molecule has 1 aromatic heterocycles. The fourth-order valence-electron chi connectivity index (χ4n) is 3.49. The molecule has 4 heteroatoms. The summed E-state index contributed by atoms with van der Waals surface area (Å²) in [5.41, 5.74) is 2.33. The van der Waals surface area contributed by atoms with Crippen LogP contribution in [-0.2, 0) is 13.1 Å². The SMILES string of the molecule is CCn1nc(CNC2CCCCC2CO)c2ccccc21. The maximum atomic E-state index is 9.51. The number of nitrogens with one attached hydrogen (secondary N) is 1. The molecule has 1 aliphatic carbocycles. The van der Waals surface area contributed by atoms with Crippen molar-refractivity contribution in [1.82, 2.24) is 15.1 Å². The Kier molecular flexibility index (Phi) is 4.56. The highest BCUT2D eigenvalue weighted by Gasteiger charge is 2.24. The van der Waals surface area contributed by atoms with Crippen molar-refractivity contribution in [1.29, 1.82) is 0 Å². The minimum atomic E-state index is 0.293. The van der Waals surface area contributed by atoms with Crippen molar-refractivity contribution in [3.8, 4) is 0 Å². The van der Waals surface area contributed by atoms with Crippen molar-refractivity contribution in [2.24, 2.45) is 5.92 Å². The number of aromatic nitrogens is 2. The standard InChI is InChI=1S/C17H25N3O/c1-2-20-17-10-6-4-8-14(17)16(19-20)11-18-15-9-5-3-7-13(15)12-21/h4,6,8,10,13,15,18,21H,2-3,5,7,9,11-12H2,1H3. The summed E-state index contributed by atoms with van der Waals surface area (Å²) in [6.45, 7) is 4.10. The Morgan fingerprint density at radius 2 is 2.10 bits per heavy atom.